The van der Waals surface area contributed by atoms with E-state index in [4.69, 9.17) is 11.6 Å². The van der Waals surface area contributed by atoms with Gasteiger partial charge in [-0.3, -0.25) is 0 Å². The molecule has 1 atom stereocenters. The van der Waals surface area contributed by atoms with E-state index in [9.17, 15) is 0 Å². The Morgan fingerprint density at radius 3 is 2.35 bits per heavy atom. The van der Waals surface area contributed by atoms with E-state index in [0.717, 1.165) is 18.7 Å². The predicted octanol–water partition coefficient (Wildman–Crippen LogP) is 6.32. The first kappa shape index (κ1) is 13.9. The van der Waals surface area contributed by atoms with Crippen LogP contribution >= 0.6 is 66.6 Å². The van der Waals surface area contributed by atoms with E-state index >= 15 is 0 Å². The van der Waals surface area contributed by atoms with Gasteiger partial charge in [0.2, 0.25) is 0 Å². The first-order valence-electron chi connectivity index (χ1n) is 4.84. The average Bonchev–Trinajstić information content (AvgIpc) is 2.68. The van der Waals surface area contributed by atoms with Crippen LogP contribution in [0.4, 0.5) is 0 Å². The molecule has 0 aliphatic heterocycles. The highest BCUT2D eigenvalue weighted by Crippen LogP contribution is 2.40. The summed E-state index contributed by atoms with van der Waals surface area (Å²) in [5.41, 5.74) is 2.23. The lowest BCUT2D eigenvalue weighted by atomic mass is 10.1. The highest BCUT2D eigenvalue weighted by molar-refractivity contribution is 9.12. The van der Waals surface area contributed by atoms with Gasteiger partial charge in [-0.15, -0.1) is 34.7 Å². The van der Waals surface area contributed by atoms with Crippen LogP contribution in [0.1, 0.15) is 16.5 Å². The monoisotopic (exact) mass is 410 g/mol. The molecule has 0 fully saturated rings. The molecule has 90 valence electrons. The van der Waals surface area contributed by atoms with Gasteiger partial charge < -0.3 is 0 Å². The third-order valence-corrected chi connectivity index (χ3v) is 5.98. The van der Waals surface area contributed by atoms with E-state index in [1.807, 2.05) is 0 Å². The van der Waals surface area contributed by atoms with Gasteiger partial charge in [0.25, 0.3) is 0 Å². The van der Waals surface area contributed by atoms with Gasteiger partial charge in [0.15, 0.2) is 0 Å². The second kappa shape index (κ2) is 6.11. The van der Waals surface area contributed by atoms with Gasteiger partial charge in [-0.2, -0.15) is 0 Å². The summed E-state index contributed by atoms with van der Waals surface area (Å²) in [6, 6.07) is 10.4. The number of alkyl halides is 1. The zero-order valence-corrected chi connectivity index (χ0v) is 14.5. The van der Waals surface area contributed by atoms with Crippen molar-refractivity contribution in [2.75, 3.05) is 6.26 Å². The Morgan fingerprint density at radius 1 is 1.24 bits per heavy atom. The lowest BCUT2D eigenvalue weighted by molar-refractivity contribution is 1.14. The van der Waals surface area contributed by atoms with Gasteiger partial charge in [0.05, 0.1) is 12.9 Å². The molecule has 0 spiro atoms. The third-order valence-electron chi connectivity index (χ3n) is 2.36. The molecule has 0 N–H and O–H groups in total. The van der Waals surface area contributed by atoms with Crippen LogP contribution in [0.2, 0.25) is 0 Å². The molecule has 0 amide bonds. The predicted molar refractivity (Wildman–Crippen MR) is 85.6 cm³/mol. The molecular weight excluding hydrogens is 404 g/mol. The smallest absolute Gasteiger partial charge is 0.0854 e. The number of halogens is 3. The zero-order chi connectivity index (χ0) is 12.4. The summed E-state index contributed by atoms with van der Waals surface area (Å²) >= 11 is 16.9. The van der Waals surface area contributed by atoms with Crippen molar-refractivity contribution >= 4 is 66.6 Å². The minimum absolute atomic E-state index is 0.108. The highest BCUT2D eigenvalue weighted by Gasteiger charge is 2.16. The molecule has 0 aliphatic carbocycles. The standard InChI is InChI=1S/C12H9Br2ClS2/c1-16-8-4-2-7(3-5-8)11(15)9-6-10(13)17-12(9)14/h2-6,11H,1H3. The van der Waals surface area contributed by atoms with E-state index < -0.39 is 0 Å². The molecule has 1 unspecified atom stereocenters. The van der Waals surface area contributed by atoms with Crippen LogP contribution in [0.15, 0.2) is 42.8 Å². The molecule has 0 nitrogen and oxygen atoms in total. The fourth-order valence-corrected chi connectivity index (χ4v) is 5.30. The van der Waals surface area contributed by atoms with Crippen LogP contribution in [0.5, 0.6) is 0 Å². The van der Waals surface area contributed by atoms with Crippen molar-refractivity contribution in [3.05, 3.63) is 49.0 Å². The maximum atomic E-state index is 6.49. The van der Waals surface area contributed by atoms with Gasteiger partial charge >= 0.3 is 0 Å². The largest absolute Gasteiger partial charge is 0.130 e. The van der Waals surface area contributed by atoms with Crippen LogP contribution in [-0.4, -0.2) is 6.26 Å². The molecule has 0 radical (unpaired) electrons. The Kier molecular flexibility index (Phi) is 5.01. The first-order valence-corrected chi connectivity index (χ1v) is 8.91. The van der Waals surface area contributed by atoms with Gasteiger partial charge in [0, 0.05) is 10.5 Å². The van der Waals surface area contributed by atoms with E-state index in [2.05, 4.69) is 68.4 Å². The Bertz CT molecular complexity index is 508. The summed E-state index contributed by atoms with van der Waals surface area (Å²) in [6.45, 7) is 0. The van der Waals surface area contributed by atoms with Crippen LogP contribution in [0.3, 0.4) is 0 Å². The van der Waals surface area contributed by atoms with Crippen LogP contribution in [0, 0.1) is 0 Å². The Hall–Kier alpha value is 0.520. The normalized spacial score (nSPS) is 12.7. The minimum atomic E-state index is -0.108. The summed E-state index contributed by atoms with van der Waals surface area (Å²) < 4.78 is 2.17. The van der Waals surface area contributed by atoms with E-state index in [-0.39, 0.29) is 5.38 Å². The number of thiophene rings is 1. The number of benzene rings is 1. The van der Waals surface area contributed by atoms with E-state index in [0.29, 0.717) is 0 Å². The maximum Gasteiger partial charge on any atom is 0.0854 e. The molecule has 1 aromatic heterocycles. The van der Waals surface area contributed by atoms with Crippen LogP contribution in [0.25, 0.3) is 0 Å². The molecular formula is C12H9Br2ClS2. The lowest BCUT2D eigenvalue weighted by Crippen LogP contribution is -1.91. The van der Waals surface area contributed by atoms with E-state index in [1.165, 1.54) is 4.90 Å². The second-order valence-corrected chi connectivity index (χ2v) is 8.48. The molecule has 2 aromatic rings. The van der Waals surface area contributed by atoms with Crippen molar-refractivity contribution in [3.63, 3.8) is 0 Å². The molecule has 1 heterocycles. The summed E-state index contributed by atoms with van der Waals surface area (Å²) in [5.74, 6) is 0. The fraction of sp³-hybridized carbons (Fsp3) is 0.167. The molecule has 1 aromatic carbocycles. The van der Waals surface area contributed by atoms with Crippen LogP contribution < -0.4 is 0 Å². The van der Waals surface area contributed by atoms with Crippen molar-refractivity contribution in [1.82, 2.24) is 0 Å². The molecule has 0 aliphatic rings. The van der Waals surface area contributed by atoms with Crippen molar-refractivity contribution in [1.29, 1.82) is 0 Å². The molecule has 5 heteroatoms. The molecule has 0 saturated carbocycles. The average molecular weight is 413 g/mol. The maximum absolute atomic E-state index is 6.49. The van der Waals surface area contributed by atoms with Crippen molar-refractivity contribution in [3.8, 4) is 0 Å². The zero-order valence-electron chi connectivity index (χ0n) is 8.91. The van der Waals surface area contributed by atoms with Gasteiger partial charge in [0.1, 0.15) is 0 Å². The Labute approximate surface area is 131 Å². The topological polar surface area (TPSA) is 0 Å². The molecule has 0 saturated heterocycles. The SMILES string of the molecule is CSc1ccc(C(Cl)c2cc(Br)sc2Br)cc1. The Morgan fingerprint density at radius 2 is 1.88 bits per heavy atom. The first-order chi connectivity index (χ1) is 8.11. The second-order valence-electron chi connectivity index (χ2n) is 3.42. The third kappa shape index (κ3) is 3.29. The van der Waals surface area contributed by atoms with Crippen molar-refractivity contribution in [2.45, 2.75) is 10.3 Å². The van der Waals surface area contributed by atoms with Crippen molar-refractivity contribution in [2.24, 2.45) is 0 Å². The highest BCUT2D eigenvalue weighted by atomic mass is 79.9. The molecule has 2 rings (SSSR count). The fourth-order valence-electron chi connectivity index (χ4n) is 1.48. The number of hydrogen-bond donors (Lipinski definition) is 0. The quantitative estimate of drug-likeness (QED) is 0.420. The summed E-state index contributed by atoms with van der Waals surface area (Å²) in [6.07, 6.45) is 2.07. The van der Waals surface area contributed by atoms with Crippen LogP contribution in [-0.2, 0) is 0 Å². The summed E-state index contributed by atoms with van der Waals surface area (Å²) in [4.78, 5) is 1.25. The summed E-state index contributed by atoms with van der Waals surface area (Å²) in [5, 5.41) is -0.108. The van der Waals surface area contributed by atoms with E-state index in [1.54, 1.807) is 23.1 Å². The number of hydrogen-bond acceptors (Lipinski definition) is 2. The molecule has 0 bridgehead atoms. The lowest BCUT2D eigenvalue weighted by Gasteiger charge is -2.09. The number of rotatable bonds is 3. The molecule has 17 heavy (non-hydrogen) atoms. The summed E-state index contributed by atoms with van der Waals surface area (Å²) in [7, 11) is 0. The minimum Gasteiger partial charge on any atom is -0.130 e. The van der Waals surface area contributed by atoms with Gasteiger partial charge in [-0.1, -0.05) is 12.1 Å². The Balaban J connectivity index is 2.30. The van der Waals surface area contributed by atoms with Gasteiger partial charge in [-0.25, -0.2) is 0 Å². The van der Waals surface area contributed by atoms with Crippen molar-refractivity contribution < 1.29 is 0 Å². The number of thioether (sulfide) groups is 1. The van der Waals surface area contributed by atoms with Gasteiger partial charge in [-0.05, 0) is 61.9 Å².